The van der Waals surface area contributed by atoms with Gasteiger partial charge in [-0.25, -0.2) is 0 Å². The fraction of sp³-hybridized carbons (Fsp3) is 0.200. The SMILES string of the molecule is COc1ccc(O)c(CNc2ccc(C(F)(F)F)cc2)c1. The lowest BCUT2D eigenvalue weighted by atomic mass is 10.1. The Bertz CT molecular complexity index is 609. The molecule has 3 nitrogen and oxygen atoms in total. The Balaban J connectivity index is 2.06. The molecular weight excluding hydrogens is 283 g/mol. The van der Waals surface area contributed by atoms with Crippen molar-refractivity contribution in [1.82, 2.24) is 0 Å². The Hall–Kier alpha value is -2.37. The molecule has 0 bridgehead atoms. The summed E-state index contributed by atoms with van der Waals surface area (Å²) in [4.78, 5) is 0. The molecule has 0 aliphatic carbocycles. The highest BCUT2D eigenvalue weighted by Crippen LogP contribution is 2.30. The number of aromatic hydroxyl groups is 1. The smallest absolute Gasteiger partial charge is 0.416 e. The average Bonchev–Trinajstić information content (AvgIpc) is 2.46. The number of methoxy groups -OCH3 is 1. The van der Waals surface area contributed by atoms with Crippen molar-refractivity contribution < 1.29 is 23.0 Å². The number of phenols is 1. The molecule has 0 aromatic heterocycles. The maximum atomic E-state index is 12.4. The van der Waals surface area contributed by atoms with Crippen molar-refractivity contribution in [3.63, 3.8) is 0 Å². The standard InChI is InChI=1S/C15H14F3NO2/c1-21-13-6-7-14(20)10(8-13)9-19-12-4-2-11(3-5-12)15(16,17)18/h2-8,19-20H,9H2,1H3. The van der Waals surface area contributed by atoms with Crippen molar-refractivity contribution in [2.45, 2.75) is 12.7 Å². The van der Waals surface area contributed by atoms with Gasteiger partial charge in [-0.05, 0) is 42.5 Å². The van der Waals surface area contributed by atoms with Crippen LogP contribution in [-0.2, 0) is 12.7 Å². The lowest BCUT2D eigenvalue weighted by Crippen LogP contribution is -2.05. The molecule has 0 saturated heterocycles. The number of halogens is 3. The first-order valence-electron chi connectivity index (χ1n) is 6.17. The first kappa shape index (κ1) is 15.0. The highest BCUT2D eigenvalue weighted by atomic mass is 19.4. The molecule has 0 unspecified atom stereocenters. The summed E-state index contributed by atoms with van der Waals surface area (Å²) < 4.78 is 42.4. The second kappa shape index (κ2) is 5.95. The normalized spacial score (nSPS) is 11.2. The molecule has 2 aromatic rings. The number of benzene rings is 2. The number of nitrogens with one attached hydrogen (secondary N) is 1. The minimum Gasteiger partial charge on any atom is -0.508 e. The van der Waals surface area contributed by atoms with Crippen molar-refractivity contribution in [3.8, 4) is 11.5 Å². The van der Waals surface area contributed by atoms with Crippen molar-refractivity contribution in [2.75, 3.05) is 12.4 Å². The maximum Gasteiger partial charge on any atom is 0.416 e. The monoisotopic (exact) mass is 297 g/mol. The molecule has 2 aromatic carbocycles. The van der Waals surface area contributed by atoms with Gasteiger partial charge in [0.15, 0.2) is 0 Å². The van der Waals surface area contributed by atoms with Crippen LogP contribution in [0.4, 0.5) is 18.9 Å². The van der Waals surface area contributed by atoms with Gasteiger partial charge in [0, 0.05) is 17.8 Å². The molecule has 0 radical (unpaired) electrons. The van der Waals surface area contributed by atoms with E-state index >= 15 is 0 Å². The van der Waals surface area contributed by atoms with E-state index in [4.69, 9.17) is 4.74 Å². The predicted molar refractivity (Wildman–Crippen MR) is 73.4 cm³/mol. The fourth-order valence-electron chi connectivity index (χ4n) is 1.80. The molecule has 0 spiro atoms. The van der Waals surface area contributed by atoms with Crippen molar-refractivity contribution in [1.29, 1.82) is 0 Å². The number of anilines is 1. The highest BCUT2D eigenvalue weighted by Gasteiger charge is 2.29. The third-order valence-electron chi connectivity index (χ3n) is 2.98. The topological polar surface area (TPSA) is 41.5 Å². The van der Waals surface area contributed by atoms with E-state index in [0.717, 1.165) is 12.1 Å². The molecule has 0 amide bonds. The molecule has 0 aliphatic rings. The molecule has 6 heteroatoms. The number of phenolic OH excluding ortho intramolecular Hbond substituents is 1. The van der Waals surface area contributed by atoms with Crippen molar-refractivity contribution >= 4 is 5.69 Å². The zero-order valence-corrected chi connectivity index (χ0v) is 11.2. The van der Waals surface area contributed by atoms with Crippen LogP contribution in [0.3, 0.4) is 0 Å². The zero-order chi connectivity index (χ0) is 15.5. The van der Waals surface area contributed by atoms with Crippen LogP contribution in [0.15, 0.2) is 42.5 Å². The summed E-state index contributed by atoms with van der Waals surface area (Å²) in [5, 5.41) is 12.7. The van der Waals surface area contributed by atoms with E-state index in [9.17, 15) is 18.3 Å². The maximum absolute atomic E-state index is 12.4. The second-order valence-corrected chi connectivity index (χ2v) is 4.42. The van der Waals surface area contributed by atoms with E-state index in [1.54, 1.807) is 12.1 Å². The minimum absolute atomic E-state index is 0.0928. The molecule has 0 fully saturated rings. The summed E-state index contributed by atoms with van der Waals surface area (Å²) in [6.45, 7) is 0.272. The predicted octanol–water partition coefficient (Wildman–Crippen LogP) is 4.03. The van der Waals surface area contributed by atoms with Gasteiger partial charge in [0.2, 0.25) is 0 Å². The van der Waals surface area contributed by atoms with Gasteiger partial charge in [-0.1, -0.05) is 0 Å². The van der Waals surface area contributed by atoms with Crippen molar-refractivity contribution in [3.05, 3.63) is 53.6 Å². The van der Waals surface area contributed by atoms with E-state index in [2.05, 4.69) is 5.32 Å². The third kappa shape index (κ3) is 3.81. The quantitative estimate of drug-likeness (QED) is 0.895. The van der Waals surface area contributed by atoms with Gasteiger partial charge in [0.05, 0.1) is 12.7 Å². The summed E-state index contributed by atoms with van der Waals surface area (Å²) in [7, 11) is 1.51. The van der Waals surface area contributed by atoms with Crippen molar-refractivity contribution in [2.24, 2.45) is 0 Å². The van der Waals surface area contributed by atoms with Crippen LogP contribution in [0.1, 0.15) is 11.1 Å². The number of hydrogen-bond donors (Lipinski definition) is 2. The summed E-state index contributed by atoms with van der Waals surface area (Å²) in [5.74, 6) is 0.687. The number of ether oxygens (including phenoxy) is 1. The Labute approximate surface area is 120 Å². The van der Waals surface area contributed by atoms with Gasteiger partial charge in [-0.15, -0.1) is 0 Å². The van der Waals surface area contributed by atoms with E-state index in [-0.39, 0.29) is 12.3 Å². The molecule has 21 heavy (non-hydrogen) atoms. The molecule has 0 aliphatic heterocycles. The van der Waals surface area contributed by atoms with Crippen LogP contribution >= 0.6 is 0 Å². The largest absolute Gasteiger partial charge is 0.508 e. The first-order valence-corrected chi connectivity index (χ1v) is 6.17. The first-order chi connectivity index (χ1) is 9.90. The molecule has 0 atom stereocenters. The molecule has 2 rings (SSSR count). The van der Waals surface area contributed by atoms with E-state index in [1.165, 1.54) is 25.3 Å². The molecule has 112 valence electrons. The summed E-state index contributed by atoms with van der Waals surface area (Å²) in [5.41, 5.74) is 0.428. The molecule has 0 heterocycles. The Morgan fingerprint density at radius 2 is 1.76 bits per heavy atom. The minimum atomic E-state index is -4.34. The van der Waals surface area contributed by atoms with Gasteiger partial charge >= 0.3 is 6.18 Å². The van der Waals surface area contributed by atoms with E-state index in [1.807, 2.05) is 0 Å². The Kier molecular flexibility index (Phi) is 4.26. The van der Waals surface area contributed by atoms with Gasteiger partial charge in [-0.3, -0.25) is 0 Å². The molecular formula is C15H14F3NO2. The molecule has 2 N–H and O–H groups in total. The highest BCUT2D eigenvalue weighted by molar-refractivity contribution is 5.47. The fourth-order valence-corrected chi connectivity index (χ4v) is 1.80. The van der Waals surface area contributed by atoms with Crippen LogP contribution in [-0.4, -0.2) is 12.2 Å². The summed E-state index contributed by atoms with van der Waals surface area (Å²) >= 11 is 0. The Morgan fingerprint density at radius 3 is 2.33 bits per heavy atom. The van der Waals surface area contributed by atoms with Crippen LogP contribution in [0.5, 0.6) is 11.5 Å². The van der Waals surface area contributed by atoms with Gasteiger partial charge in [0.1, 0.15) is 11.5 Å². The lowest BCUT2D eigenvalue weighted by molar-refractivity contribution is -0.137. The van der Waals surface area contributed by atoms with Crippen LogP contribution in [0, 0.1) is 0 Å². The number of alkyl halides is 3. The van der Waals surface area contributed by atoms with Crippen LogP contribution in [0.2, 0.25) is 0 Å². The molecule has 0 saturated carbocycles. The summed E-state index contributed by atoms with van der Waals surface area (Å²) in [6, 6.07) is 9.49. The average molecular weight is 297 g/mol. The summed E-state index contributed by atoms with van der Waals surface area (Å²) in [6.07, 6.45) is -4.34. The second-order valence-electron chi connectivity index (χ2n) is 4.42. The lowest BCUT2D eigenvalue weighted by Gasteiger charge is -2.11. The van der Waals surface area contributed by atoms with Gasteiger partial charge in [0.25, 0.3) is 0 Å². The van der Waals surface area contributed by atoms with Crippen LogP contribution < -0.4 is 10.1 Å². The van der Waals surface area contributed by atoms with Gasteiger partial charge in [-0.2, -0.15) is 13.2 Å². The van der Waals surface area contributed by atoms with Crippen LogP contribution in [0.25, 0.3) is 0 Å². The number of rotatable bonds is 4. The van der Waals surface area contributed by atoms with E-state index in [0.29, 0.717) is 17.0 Å². The Morgan fingerprint density at radius 1 is 1.10 bits per heavy atom. The zero-order valence-electron chi connectivity index (χ0n) is 11.2. The number of hydrogen-bond acceptors (Lipinski definition) is 3. The van der Waals surface area contributed by atoms with E-state index < -0.39 is 11.7 Å². The van der Waals surface area contributed by atoms with Gasteiger partial charge < -0.3 is 15.2 Å². The third-order valence-corrected chi connectivity index (χ3v) is 2.98.